The topological polar surface area (TPSA) is 176 Å². The second kappa shape index (κ2) is 19.5. The van der Waals surface area contributed by atoms with Gasteiger partial charge in [-0.2, -0.15) is 0 Å². The molecule has 16 heteroatoms. The number of nitrogens with one attached hydrogen (secondary N) is 2. The van der Waals surface area contributed by atoms with Gasteiger partial charge in [-0.05, 0) is 49.2 Å². The van der Waals surface area contributed by atoms with E-state index < -0.39 is 37.2 Å². The first-order chi connectivity index (χ1) is 28.1. The largest absolute Gasteiger partial charge is 0.482 e. The summed E-state index contributed by atoms with van der Waals surface area (Å²) in [5.41, 5.74) is 5.43. The fourth-order valence-corrected chi connectivity index (χ4v) is 7.47. The van der Waals surface area contributed by atoms with Gasteiger partial charge in [0.1, 0.15) is 23.6 Å². The van der Waals surface area contributed by atoms with E-state index in [9.17, 15) is 29.4 Å². The molecule has 0 fully saturated rings. The number of carbonyl (C=O) groups is 4. The summed E-state index contributed by atoms with van der Waals surface area (Å²) in [6.45, 7) is 3.43. The Bertz CT molecular complexity index is 2020. The van der Waals surface area contributed by atoms with Gasteiger partial charge in [0.05, 0.1) is 47.8 Å². The summed E-state index contributed by atoms with van der Waals surface area (Å²) in [7, 11) is 0. The molecule has 2 heterocycles. The fourth-order valence-electron chi connectivity index (χ4n) is 6.79. The van der Waals surface area contributed by atoms with Gasteiger partial charge >= 0.3 is 11.9 Å². The Morgan fingerprint density at radius 2 is 1.07 bits per heavy atom. The summed E-state index contributed by atoms with van der Waals surface area (Å²) in [6.07, 6.45) is 0. The molecular weight excluding hydrogens is 791 g/mol. The van der Waals surface area contributed by atoms with Gasteiger partial charge in [0.15, 0.2) is 13.2 Å². The first kappa shape index (κ1) is 42.4. The normalized spacial score (nSPS) is 14.5. The first-order valence-electron chi connectivity index (χ1n) is 18.8. The third-order valence-electron chi connectivity index (χ3n) is 9.67. The standard InChI is InChI=1S/C42H44Cl2N4O10/c1-3-55-41(53)31(21-49)45-15-17-47-33-13-11-25(19-35(33)57-23-37(47)51)27-7-5-9-29(39(27)43)30-10-6-8-28(40(30)44)26-12-14-34-36(20-26)58-24-38(52)48(34)18-16-46-32(22-50)42(54)56-4-2/h5-14,19-20,31-32,45-46,49-50H,3-4,15-18,21-24H2,1-2H3/t31-,32-/m0/s1. The maximum Gasteiger partial charge on any atom is 0.325 e. The van der Waals surface area contributed by atoms with Crippen LogP contribution in [0.5, 0.6) is 11.5 Å². The highest BCUT2D eigenvalue weighted by Crippen LogP contribution is 2.45. The molecule has 0 aromatic heterocycles. The lowest BCUT2D eigenvalue weighted by Gasteiger charge is -2.30. The van der Waals surface area contributed by atoms with Gasteiger partial charge in [0, 0.05) is 48.4 Å². The second-order valence-electron chi connectivity index (χ2n) is 13.3. The summed E-state index contributed by atoms with van der Waals surface area (Å²) in [5, 5.41) is 26.0. The van der Waals surface area contributed by atoms with E-state index in [1.807, 2.05) is 60.7 Å². The molecule has 2 aliphatic rings. The number of carbonyl (C=O) groups excluding carboxylic acids is 4. The number of halogens is 2. The highest BCUT2D eigenvalue weighted by atomic mass is 35.5. The Balaban J connectivity index is 1.21. The van der Waals surface area contributed by atoms with Gasteiger partial charge in [-0.1, -0.05) is 71.7 Å². The van der Waals surface area contributed by atoms with Crippen LogP contribution in [-0.4, -0.2) is 112 Å². The van der Waals surface area contributed by atoms with E-state index in [2.05, 4.69) is 10.6 Å². The van der Waals surface area contributed by atoms with Crippen LogP contribution in [0.15, 0.2) is 72.8 Å². The maximum absolute atomic E-state index is 12.9. The SMILES string of the molecule is CCOC(=O)[C@H](CO)NCCN1C(=O)COc2cc(-c3cccc(-c4cccc(-c5ccc6c(c5)OCC(=O)N6CCN[C@@H](CO)C(=O)OCC)c4Cl)c3Cl)ccc21. The molecule has 2 atom stereocenters. The first-order valence-corrected chi connectivity index (χ1v) is 19.6. The molecule has 4 N–H and O–H groups in total. The van der Waals surface area contributed by atoms with Crippen molar-refractivity contribution in [1.82, 2.24) is 10.6 Å². The number of rotatable bonds is 17. The fraction of sp³-hybridized carbons (Fsp3) is 0.333. The third kappa shape index (κ3) is 9.23. The average molecular weight is 836 g/mol. The Kier molecular flexibility index (Phi) is 14.2. The predicted octanol–water partition coefficient (Wildman–Crippen LogP) is 4.47. The molecule has 6 rings (SSSR count). The molecule has 2 amide bonds. The summed E-state index contributed by atoms with van der Waals surface area (Å²) >= 11 is 14.3. The molecule has 0 unspecified atom stereocenters. The van der Waals surface area contributed by atoms with E-state index in [-0.39, 0.29) is 64.4 Å². The maximum atomic E-state index is 12.9. The van der Waals surface area contributed by atoms with E-state index >= 15 is 0 Å². The number of aliphatic hydroxyl groups is 2. The van der Waals surface area contributed by atoms with E-state index in [1.165, 1.54) is 0 Å². The van der Waals surface area contributed by atoms with Crippen molar-refractivity contribution in [2.75, 3.05) is 75.6 Å². The lowest BCUT2D eigenvalue weighted by Crippen LogP contribution is -2.47. The monoisotopic (exact) mass is 834 g/mol. The molecule has 4 aromatic rings. The molecule has 0 spiro atoms. The third-order valence-corrected chi connectivity index (χ3v) is 10.5. The van der Waals surface area contributed by atoms with Crippen molar-refractivity contribution < 1.29 is 48.3 Å². The molecule has 306 valence electrons. The zero-order chi connectivity index (χ0) is 41.3. The Labute approximate surface area is 345 Å². The molecule has 0 saturated carbocycles. The van der Waals surface area contributed by atoms with Crippen LogP contribution in [0.2, 0.25) is 10.0 Å². The zero-order valence-electron chi connectivity index (χ0n) is 32.0. The molecule has 0 saturated heterocycles. The van der Waals surface area contributed by atoms with Gasteiger partial charge in [0.25, 0.3) is 11.8 Å². The van der Waals surface area contributed by atoms with Crippen molar-refractivity contribution in [3.8, 4) is 44.9 Å². The minimum Gasteiger partial charge on any atom is -0.482 e. The summed E-state index contributed by atoms with van der Waals surface area (Å²) < 4.78 is 21.7. The van der Waals surface area contributed by atoms with Crippen molar-refractivity contribution in [3.05, 3.63) is 82.8 Å². The van der Waals surface area contributed by atoms with Crippen molar-refractivity contribution in [3.63, 3.8) is 0 Å². The molecule has 4 aromatic carbocycles. The molecule has 2 aliphatic heterocycles. The molecule has 0 radical (unpaired) electrons. The minimum atomic E-state index is -0.904. The Morgan fingerprint density at radius 3 is 1.45 bits per heavy atom. The molecule has 0 aliphatic carbocycles. The summed E-state index contributed by atoms with van der Waals surface area (Å²) in [6, 6.07) is 20.4. The van der Waals surface area contributed by atoms with Crippen LogP contribution < -0.4 is 29.9 Å². The van der Waals surface area contributed by atoms with Gasteiger partial charge < -0.3 is 49.6 Å². The smallest absolute Gasteiger partial charge is 0.325 e. The Morgan fingerprint density at radius 1 is 0.672 bits per heavy atom. The lowest BCUT2D eigenvalue weighted by molar-refractivity contribution is -0.147. The Hall–Kier alpha value is -5.22. The van der Waals surface area contributed by atoms with Crippen molar-refractivity contribution in [2.45, 2.75) is 25.9 Å². The number of hydrogen-bond acceptors (Lipinski definition) is 12. The van der Waals surface area contributed by atoms with Crippen LogP contribution in [0.3, 0.4) is 0 Å². The number of amides is 2. The predicted molar refractivity (Wildman–Crippen MR) is 219 cm³/mol. The van der Waals surface area contributed by atoms with Gasteiger partial charge in [-0.3, -0.25) is 19.2 Å². The number of benzene rings is 4. The quantitative estimate of drug-likeness (QED) is 0.110. The second-order valence-corrected chi connectivity index (χ2v) is 14.0. The molecular formula is C42H44Cl2N4O10. The number of esters is 2. The molecule has 0 bridgehead atoms. The number of fused-ring (bicyclic) bond motifs is 2. The molecule has 14 nitrogen and oxygen atoms in total. The van der Waals surface area contributed by atoms with E-state index in [4.69, 9.17) is 42.1 Å². The van der Waals surface area contributed by atoms with Crippen LogP contribution in [0.4, 0.5) is 11.4 Å². The highest BCUT2D eigenvalue weighted by molar-refractivity contribution is 6.39. The van der Waals surface area contributed by atoms with Gasteiger partial charge in [0.2, 0.25) is 0 Å². The van der Waals surface area contributed by atoms with Crippen LogP contribution >= 0.6 is 23.2 Å². The average Bonchev–Trinajstić information content (AvgIpc) is 3.22. The van der Waals surface area contributed by atoms with Gasteiger partial charge in [-0.25, -0.2) is 0 Å². The van der Waals surface area contributed by atoms with Crippen LogP contribution in [0.1, 0.15) is 13.8 Å². The van der Waals surface area contributed by atoms with Gasteiger partial charge in [-0.15, -0.1) is 0 Å². The van der Waals surface area contributed by atoms with Crippen LogP contribution in [-0.2, 0) is 28.7 Å². The number of ether oxygens (including phenoxy) is 4. The number of aliphatic hydroxyl groups excluding tert-OH is 2. The van der Waals surface area contributed by atoms with E-state index in [0.717, 1.165) is 11.1 Å². The minimum absolute atomic E-state index is 0.171. The summed E-state index contributed by atoms with van der Waals surface area (Å²) in [5.74, 6) is -0.657. The molecule has 58 heavy (non-hydrogen) atoms. The zero-order valence-corrected chi connectivity index (χ0v) is 33.5. The van der Waals surface area contributed by atoms with Crippen molar-refractivity contribution in [2.24, 2.45) is 0 Å². The number of nitrogens with zero attached hydrogens (tertiary/aromatic N) is 2. The lowest BCUT2D eigenvalue weighted by atomic mass is 9.95. The van der Waals surface area contributed by atoms with Crippen molar-refractivity contribution >= 4 is 58.3 Å². The van der Waals surface area contributed by atoms with Crippen LogP contribution in [0, 0.1) is 0 Å². The summed E-state index contributed by atoms with van der Waals surface area (Å²) in [4.78, 5) is 53.0. The van der Waals surface area contributed by atoms with Crippen LogP contribution in [0.25, 0.3) is 33.4 Å². The van der Waals surface area contributed by atoms with E-state index in [0.29, 0.717) is 55.2 Å². The van der Waals surface area contributed by atoms with E-state index in [1.54, 1.807) is 35.8 Å². The highest BCUT2D eigenvalue weighted by Gasteiger charge is 2.29. The van der Waals surface area contributed by atoms with Crippen molar-refractivity contribution in [1.29, 1.82) is 0 Å². The number of anilines is 2. The number of hydrogen-bond donors (Lipinski definition) is 4.